The number of aryl methyl sites for hydroxylation is 1. The Hall–Kier alpha value is -2.09. The SMILES string of the molecule is CCC(C)(C)C(=O)OC(Cc1ccccc1)c1ccc(C)cc1. The number of hydrogen-bond donors (Lipinski definition) is 0. The van der Waals surface area contributed by atoms with Crippen molar-refractivity contribution in [1.82, 2.24) is 0 Å². The molecule has 0 radical (unpaired) electrons. The van der Waals surface area contributed by atoms with Crippen molar-refractivity contribution in [2.45, 2.75) is 46.6 Å². The third-order valence-electron chi connectivity index (χ3n) is 4.40. The van der Waals surface area contributed by atoms with E-state index in [0.29, 0.717) is 6.42 Å². The molecule has 0 N–H and O–H groups in total. The number of carbonyl (C=O) groups is 1. The van der Waals surface area contributed by atoms with E-state index < -0.39 is 5.41 Å². The van der Waals surface area contributed by atoms with Gasteiger partial charge in [-0.25, -0.2) is 0 Å². The summed E-state index contributed by atoms with van der Waals surface area (Å²) in [4.78, 5) is 12.5. The Morgan fingerprint density at radius 3 is 2.22 bits per heavy atom. The summed E-state index contributed by atoms with van der Waals surface area (Å²) in [5.41, 5.74) is 2.95. The largest absolute Gasteiger partial charge is 0.457 e. The summed E-state index contributed by atoms with van der Waals surface area (Å²) in [6, 6.07) is 18.4. The maximum atomic E-state index is 12.5. The molecule has 0 aliphatic heterocycles. The molecule has 0 aromatic heterocycles. The molecule has 0 bridgehead atoms. The summed E-state index contributed by atoms with van der Waals surface area (Å²) in [6.07, 6.45) is 1.20. The van der Waals surface area contributed by atoms with Gasteiger partial charge in [-0.1, -0.05) is 67.1 Å². The van der Waals surface area contributed by atoms with Crippen molar-refractivity contribution in [1.29, 1.82) is 0 Å². The first-order chi connectivity index (χ1) is 10.9. The van der Waals surface area contributed by atoms with Crippen LogP contribution in [-0.4, -0.2) is 5.97 Å². The minimum atomic E-state index is -0.459. The average molecular weight is 310 g/mol. The van der Waals surface area contributed by atoms with E-state index in [0.717, 1.165) is 12.0 Å². The highest BCUT2D eigenvalue weighted by atomic mass is 16.5. The third kappa shape index (κ3) is 4.69. The van der Waals surface area contributed by atoms with E-state index in [2.05, 4.69) is 43.3 Å². The fourth-order valence-corrected chi connectivity index (χ4v) is 2.27. The van der Waals surface area contributed by atoms with Crippen LogP contribution < -0.4 is 0 Å². The van der Waals surface area contributed by atoms with Crippen LogP contribution in [0.4, 0.5) is 0 Å². The van der Waals surface area contributed by atoms with Gasteiger partial charge < -0.3 is 4.74 Å². The number of hydrogen-bond acceptors (Lipinski definition) is 2. The van der Waals surface area contributed by atoms with Crippen molar-refractivity contribution in [3.8, 4) is 0 Å². The predicted octanol–water partition coefficient (Wildman–Crippen LogP) is 5.26. The molecule has 0 aliphatic rings. The molecule has 1 unspecified atom stereocenters. The zero-order valence-electron chi connectivity index (χ0n) is 14.5. The van der Waals surface area contributed by atoms with E-state index in [-0.39, 0.29) is 12.1 Å². The lowest BCUT2D eigenvalue weighted by atomic mass is 9.90. The van der Waals surface area contributed by atoms with Crippen LogP contribution in [0.2, 0.25) is 0 Å². The molecule has 2 heteroatoms. The third-order valence-corrected chi connectivity index (χ3v) is 4.40. The van der Waals surface area contributed by atoms with Crippen LogP contribution in [0.1, 0.15) is 50.0 Å². The van der Waals surface area contributed by atoms with Crippen LogP contribution in [0.3, 0.4) is 0 Å². The summed E-state index contributed by atoms with van der Waals surface area (Å²) in [5, 5.41) is 0. The fourth-order valence-electron chi connectivity index (χ4n) is 2.27. The minimum absolute atomic E-state index is 0.137. The van der Waals surface area contributed by atoms with Gasteiger partial charge in [0.2, 0.25) is 0 Å². The molecule has 2 nitrogen and oxygen atoms in total. The van der Waals surface area contributed by atoms with E-state index in [4.69, 9.17) is 4.74 Å². The van der Waals surface area contributed by atoms with Gasteiger partial charge in [0.05, 0.1) is 5.41 Å². The first-order valence-electron chi connectivity index (χ1n) is 8.24. The number of ether oxygens (including phenoxy) is 1. The summed E-state index contributed by atoms with van der Waals surface area (Å²) >= 11 is 0. The number of benzene rings is 2. The molecule has 0 saturated carbocycles. The maximum Gasteiger partial charge on any atom is 0.312 e. The monoisotopic (exact) mass is 310 g/mol. The van der Waals surface area contributed by atoms with Gasteiger partial charge in [-0.3, -0.25) is 4.79 Å². The Bertz CT molecular complexity index is 627. The lowest BCUT2D eigenvalue weighted by Crippen LogP contribution is -2.28. The van der Waals surface area contributed by atoms with Crippen LogP contribution in [-0.2, 0) is 16.0 Å². The zero-order valence-corrected chi connectivity index (χ0v) is 14.5. The molecule has 122 valence electrons. The van der Waals surface area contributed by atoms with Crippen LogP contribution in [0.5, 0.6) is 0 Å². The van der Waals surface area contributed by atoms with Crippen molar-refractivity contribution < 1.29 is 9.53 Å². The van der Waals surface area contributed by atoms with Crippen LogP contribution >= 0.6 is 0 Å². The van der Waals surface area contributed by atoms with Crippen molar-refractivity contribution in [2.24, 2.45) is 5.41 Å². The van der Waals surface area contributed by atoms with E-state index in [1.165, 1.54) is 11.1 Å². The Morgan fingerprint density at radius 2 is 1.65 bits per heavy atom. The second kappa shape index (κ2) is 7.45. The minimum Gasteiger partial charge on any atom is -0.457 e. The van der Waals surface area contributed by atoms with Gasteiger partial charge in [-0.15, -0.1) is 0 Å². The van der Waals surface area contributed by atoms with Crippen molar-refractivity contribution in [3.63, 3.8) is 0 Å². The zero-order chi connectivity index (χ0) is 16.9. The molecule has 2 aromatic carbocycles. The molecule has 0 saturated heterocycles. The van der Waals surface area contributed by atoms with Gasteiger partial charge >= 0.3 is 5.97 Å². The molecule has 0 fully saturated rings. The molecular formula is C21H26O2. The van der Waals surface area contributed by atoms with Gasteiger partial charge in [-0.2, -0.15) is 0 Å². The first-order valence-corrected chi connectivity index (χ1v) is 8.24. The quantitative estimate of drug-likeness (QED) is 0.680. The highest BCUT2D eigenvalue weighted by Gasteiger charge is 2.30. The van der Waals surface area contributed by atoms with Crippen LogP contribution in [0.15, 0.2) is 54.6 Å². The van der Waals surface area contributed by atoms with Crippen molar-refractivity contribution in [2.75, 3.05) is 0 Å². The number of rotatable bonds is 6. The highest BCUT2D eigenvalue weighted by Crippen LogP contribution is 2.29. The van der Waals surface area contributed by atoms with Crippen molar-refractivity contribution >= 4 is 5.97 Å². The molecule has 0 aliphatic carbocycles. The molecule has 2 aromatic rings. The second-order valence-electron chi connectivity index (χ2n) is 6.73. The molecule has 0 heterocycles. The van der Waals surface area contributed by atoms with E-state index in [1.807, 2.05) is 39.0 Å². The normalized spacial score (nSPS) is 12.7. The van der Waals surface area contributed by atoms with E-state index in [9.17, 15) is 4.79 Å². The predicted molar refractivity (Wildman–Crippen MR) is 94.2 cm³/mol. The van der Waals surface area contributed by atoms with Gasteiger partial charge in [0, 0.05) is 6.42 Å². The number of esters is 1. The standard InChI is InChI=1S/C21H26O2/c1-5-21(3,4)20(22)23-19(15-17-9-7-6-8-10-17)18-13-11-16(2)12-14-18/h6-14,19H,5,15H2,1-4H3. The Balaban J connectivity index is 2.24. The lowest BCUT2D eigenvalue weighted by Gasteiger charge is -2.26. The fraction of sp³-hybridized carbons (Fsp3) is 0.381. The van der Waals surface area contributed by atoms with Gasteiger partial charge in [0.1, 0.15) is 6.10 Å². The topological polar surface area (TPSA) is 26.3 Å². The van der Waals surface area contributed by atoms with Crippen molar-refractivity contribution in [3.05, 3.63) is 71.3 Å². The van der Waals surface area contributed by atoms with E-state index >= 15 is 0 Å². The summed E-state index contributed by atoms with van der Waals surface area (Å²) in [6.45, 7) is 7.94. The Morgan fingerprint density at radius 1 is 1.04 bits per heavy atom. The molecule has 0 spiro atoms. The molecule has 0 amide bonds. The Kier molecular flexibility index (Phi) is 5.59. The summed E-state index contributed by atoms with van der Waals surface area (Å²) in [7, 11) is 0. The Labute approximate surface area is 139 Å². The van der Waals surface area contributed by atoms with Gasteiger partial charge in [0.15, 0.2) is 0 Å². The summed E-state index contributed by atoms with van der Waals surface area (Å²) in [5.74, 6) is -0.137. The van der Waals surface area contributed by atoms with Gasteiger partial charge in [-0.05, 0) is 38.3 Å². The average Bonchev–Trinajstić information content (AvgIpc) is 2.56. The highest BCUT2D eigenvalue weighted by molar-refractivity contribution is 5.76. The van der Waals surface area contributed by atoms with Gasteiger partial charge in [0.25, 0.3) is 0 Å². The molecule has 23 heavy (non-hydrogen) atoms. The van der Waals surface area contributed by atoms with E-state index in [1.54, 1.807) is 0 Å². The summed E-state index contributed by atoms with van der Waals surface area (Å²) < 4.78 is 5.90. The molecule has 2 rings (SSSR count). The first kappa shape index (κ1) is 17.3. The van der Waals surface area contributed by atoms with Crippen LogP contribution in [0, 0.1) is 12.3 Å². The number of carbonyl (C=O) groups excluding carboxylic acids is 1. The smallest absolute Gasteiger partial charge is 0.312 e. The second-order valence-corrected chi connectivity index (χ2v) is 6.73. The molecular weight excluding hydrogens is 284 g/mol. The maximum absolute atomic E-state index is 12.5. The lowest BCUT2D eigenvalue weighted by molar-refractivity contribution is -0.160. The van der Waals surface area contributed by atoms with Crippen LogP contribution in [0.25, 0.3) is 0 Å². The molecule has 1 atom stereocenters.